The first kappa shape index (κ1) is 12.6. The van der Waals surface area contributed by atoms with Gasteiger partial charge >= 0.3 is 0 Å². The van der Waals surface area contributed by atoms with Crippen molar-refractivity contribution in [2.75, 3.05) is 10.7 Å². The van der Waals surface area contributed by atoms with Gasteiger partial charge in [0.05, 0.1) is 0 Å². The van der Waals surface area contributed by atoms with Crippen molar-refractivity contribution < 1.29 is 13.9 Å². The van der Waals surface area contributed by atoms with E-state index in [1.165, 1.54) is 6.07 Å². The fraction of sp³-hybridized carbons (Fsp3) is 0.500. The summed E-state index contributed by atoms with van der Waals surface area (Å²) in [4.78, 5) is 7.66. The maximum atomic E-state index is 13.0. The summed E-state index contributed by atoms with van der Waals surface area (Å²) in [5.74, 6) is 0.000944. The van der Waals surface area contributed by atoms with Gasteiger partial charge in [0.15, 0.2) is 5.82 Å². The molecule has 0 saturated carbocycles. The average Bonchev–Trinajstić information content (AvgIpc) is 2.54. The van der Waals surface area contributed by atoms with Crippen molar-refractivity contribution in [3.05, 3.63) is 11.8 Å². The highest BCUT2D eigenvalue weighted by atomic mass is 19.3. The van der Waals surface area contributed by atoms with Crippen LogP contribution in [-0.4, -0.2) is 32.9 Å². The predicted octanol–water partition coefficient (Wildman–Crippen LogP) is 0.907. The Hall–Kier alpha value is -1.83. The highest BCUT2D eigenvalue weighted by molar-refractivity contribution is 5.87. The van der Waals surface area contributed by atoms with Crippen molar-refractivity contribution in [2.45, 2.75) is 32.4 Å². The van der Waals surface area contributed by atoms with E-state index < -0.39 is 12.2 Å². The minimum Gasteiger partial charge on any atom is -0.368 e. The van der Waals surface area contributed by atoms with Crippen LogP contribution in [0.25, 0.3) is 0 Å². The van der Waals surface area contributed by atoms with Crippen LogP contribution in [0.4, 0.5) is 20.5 Å². The fourth-order valence-corrected chi connectivity index (χ4v) is 1.85. The molecule has 1 aromatic rings. The lowest BCUT2D eigenvalue weighted by Gasteiger charge is -2.30. The van der Waals surface area contributed by atoms with Crippen LogP contribution in [0.1, 0.15) is 19.0 Å². The second-order valence-electron chi connectivity index (χ2n) is 4.23. The summed E-state index contributed by atoms with van der Waals surface area (Å²) in [6, 6.07) is 1.44. The average molecular weight is 257 g/mol. The van der Waals surface area contributed by atoms with Gasteiger partial charge in [0.25, 0.3) is 6.43 Å². The molecule has 0 bridgehead atoms. The molecule has 0 fully saturated rings. The minimum atomic E-state index is -2.98. The summed E-state index contributed by atoms with van der Waals surface area (Å²) in [5.41, 5.74) is 3.99. The molecule has 1 atom stereocenters. The van der Waals surface area contributed by atoms with Gasteiger partial charge in [-0.1, -0.05) is 0 Å². The molecule has 0 saturated heterocycles. The maximum absolute atomic E-state index is 13.0. The molecule has 2 heterocycles. The molecule has 3 N–H and O–H groups in total. The van der Waals surface area contributed by atoms with Crippen LogP contribution >= 0.6 is 0 Å². The van der Waals surface area contributed by atoms with Crippen LogP contribution in [0.15, 0.2) is 11.2 Å². The number of nitrogens with zero attached hydrogens (tertiary/aromatic N) is 4. The van der Waals surface area contributed by atoms with E-state index in [1.54, 1.807) is 13.8 Å². The van der Waals surface area contributed by atoms with E-state index in [9.17, 15) is 13.9 Å². The maximum Gasteiger partial charge on any atom is 0.287 e. The van der Waals surface area contributed by atoms with E-state index >= 15 is 0 Å². The zero-order chi connectivity index (χ0) is 13.5. The van der Waals surface area contributed by atoms with Gasteiger partial charge in [-0.3, -0.25) is 0 Å². The Kier molecular flexibility index (Phi) is 2.89. The van der Waals surface area contributed by atoms with Gasteiger partial charge in [-0.2, -0.15) is 10.1 Å². The molecule has 0 amide bonds. The van der Waals surface area contributed by atoms with Gasteiger partial charge in [-0.15, -0.1) is 0 Å². The number of aliphatic hydroxyl groups is 1. The topological polar surface area (TPSA) is 87.6 Å². The molecule has 6 nitrogen and oxygen atoms in total. The van der Waals surface area contributed by atoms with Crippen molar-refractivity contribution in [2.24, 2.45) is 5.10 Å². The van der Waals surface area contributed by atoms with E-state index in [0.717, 1.165) is 5.01 Å². The highest BCUT2D eigenvalue weighted by Crippen LogP contribution is 2.34. The molecule has 0 aromatic carbocycles. The van der Waals surface area contributed by atoms with Crippen LogP contribution in [0.3, 0.4) is 0 Å². The summed E-state index contributed by atoms with van der Waals surface area (Å²) in [6.07, 6.45) is -3.22. The fourth-order valence-electron chi connectivity index (χ4n) is 1.85. The summed E-state index contributed by atoms with van der Waals surface area (Å²) in [6.45, 7) is 3.21. The number of hydrogen-bond donors (Lipinski definition) is 2. The van der Waals surface area contributed by atoms with Crippen molar-refractivity contribution in [3.63, 3.8) is 0 Å². The number of nitrogens with two attached hydrogens (primary N) is 1. The van der Waals surface area contributed by atoms with Crippen LogP contribution < -0.4 is 10.7 Å². The van der Waals surface area contributed by atoms with Gasteiger partial charge in [0.1, 0.15) is 0 Å². The number of aryl methyl sites for hydroxylation is 1. The molecule has 1 unspecified atom stereocenters. The first-order chi connectivity index (χ1) is 8.33. The van der Waals surface area contributed by atoms with Crippen LogP contribution in [-0.2, 0) is 0 Å². The minimum absolute atomic E-state index is 0.0543. The molecule has 1 aliphatic rings. The van der Waals surface area contributed by atoms with E-state index in [1.807, 2.05) is 0 Å². The zero-order valence-corrected chi connectivity index (χ0v) is 9.93. The normalized spacial score (nSPS) is 23.7. The van der Waals surface area contributed by atoms with E-state index in [2.05, 4.69) is 15.1 Å². The molecule has 1 aromatic heterocycles. The Labute approximate surface area is 102 Å². The Morgan fingerprint density at radius 2 is 2.11 bits per heavy atom. The summed E-state index contributed by atoms with van der Waals surface area (Å²) in [5, 5.41) is 14.7. The SMILES string of the molecule is CC1=NN(c2cc(C)nc(N)n2)C(O)(C(F)F)C1. The monoisotopic (exact) mass is 257 g/mol. The number of alkyl halides is 2. The number of nitrogen functional groups attached to an aromatic ring is 1. The van der Waals surface area contributed by atoms with Gasteiger partial charge in [0.2, 0.25) is 11.7 Å². The summed E-state index contributed by atoms with van der Waals surface area (Å²) in [7, 11) is 0. The van der Waals surface area contributed by atoms with Crippen molar-refractivity contribution in [3.8, 4) is 0 Å². The zero-order valence-electron chi connectivity index (χ0n) is 9.93. The van der Waals surface area contributed by atoms with Crippen molar-refractivity contribution in [1.29, 1.82) is 0 Å². The molecule has 8 heteroatoms. The molecule has 0 radical (unpaired) electrons. The molecular weight excluding hydrogens is 244 g/mol. The smallest absolute Gasteiger partial charge is 0.287 e. The molecule has 0 spiro atoms. The first-order valence-corrected chi connectivity index (χ1v) is 5.29. The summed E-state index contributed by atoms with van der Waals surface area (Å²) < 4.78 is 26.0. The first-order valence-electron chi connectivity index (χ1n) is 5.29. The lowest BCUT2D eigenvalue weighted by atomic mass is 10.1. The third kappa shape index (κ3) is 1.99. The second kappa shape index (κ2) is 4.13. The van der Waals surface area contributed by atoms with Crippen LogP contribution in [0.2, 0.25) is 0 Å². The molecule has 0 aliphatic carbocycles. The Bertz CT molecular complexity index is 487. The van der Waals surface area contributed by atoms with Gasteiger partial charge in [-0.05, 0) is 13.8 Å². The quantitative estimate of drug-likeness (QED) is 0.822. The largest absolute Gasteiger partial charge is 0.368 e. The van der Waals surface area contributed by atoms with Gasteiger partial charge in [-0.25, -0.2) is 18.8 Å². The number of hydrogen-bond acceptors (Lipinski definition) is 6. The molecule has 2 rings (SSSR count). The lowest BCUT2D eigenvalue weighted by molar-refractivity contribution is -0.0871. The number of halogens is 2. The van der Waals surface area contributed by atoms with Gasteiger partial charge in [0, 0.05) is 23.9 Å². The molecule has 18 heavy (non-hydrogen) atoms. The lowest BCUT2D eigenvalue weighted by Crippen LogP contribution is -2.49. The Morgan fingerprint density at radius 3 is 2.67 bits per heavy atom. The van der Waals surface area contributed by atoms with E-state index in [4.69, 9.17) is 5.73 Å². The second-order valence-corrected chi connectivity index (χ2v) is 4.23. The number of hydrazone groups is 1. The molecule has 1 aliphatic heterocycles. The number of aromatic nitrogens is 2. The predicted molar refractivity (Wildman–Crippen MR) is 62.3 cm³/mol. The molecular formula is C10H13F2N5O. The van der Waals surface area contributed by atoms with Crippen molar-refractivity contribution in [1.82, 2.24) is 9.97 Å². The third-order valence-corrected chi connectivity index (χ3v) is 2.58. The standard InChI is InChI=1S/C10H13F2N5O/c1-5-3-7(15-9(13)14-5)17-10(18,8(11)12)4-6(2)16-17/h3,8,18H,4H2,1-2H3,(H2,13,14,15). The van der Waals surface area contributed by atoms with Crippen molar-refractivity contribution >= 4 is 17.5 Å². The summed E-state index contributed by atoms with van der Waals surface area (Å²) >= 11 is 0. The van der Waals surface area contributed by atoms with Crippen LogP contribution in [0, 0.1) is 6.92 Å². The number of rotatable bonds is 2. The third-order valence-electron chi connectivity index (χ3n) is 2.58. The number of anilines is 2. The Balaban J connectivity index is 2.47. The van der Waals surface area contributed by atoms with Crippen LogP contribution in [0.5, 0.6) is 0 Å². The van der Waals surface area contributed by atoms with E-state index in [-0.39, 0.29) is 18.2 Å². The van der Waals surface area contributed by atoms with Gasteiger partial charge < -0.3 is 10.8 Å². The Morgan fingerprint density at radius 1 is 1.44 bits per heavy atom. The highest BCUT2D eigenvalue weighted by Gasteiger charge is 2.49. The molecule has 98 valence electrons. The van der Waals surface area contributed by atoms with E-state index in [0.29, 0.717) is 11.4 Å².